The average molecular weight is 347 g/mol. The van der Waals surface area contributed by atoms with Gasteiger partial charge in [-0.3, -0.25) is 0 Å². The Morgan fingerprint density at radius 3 is 2.68 bits per heavy atom. The summed E-state index contributed by atoms with van der Waals surface area (Å²) >= 11 is 5.75. The number of sulfonamides is 1. The highest BCUT2D eigenvalue weighted by atomic mass is 35.5. The fraction of sp³-hybridized carbons (Fsp3) is 0.357. The SMILES string of the molecule is Cc1cc(CS(=O)(=O)NC(C)(C)c2cccc(Cl)c2F)no1. The van der Waals surface area contributed by atoms with Gasteiger partial charge in [0, 0.05) is 11.6 Å². The van der Waals surface area contributed by atoms with Crippen molar-refractivity contribution < 1.29 is 17.3 Å². The molecule has 0 saturated carbocycles. The number of aryl methyl sites for hydroxylation is 1. The molecule has 0 aliphatic carbocycles. The van der Waals surface area contributed by atoms with Crippen molar-refractivity contribution in [2.75, 3.05) is 0 Å². The van der Waals surface area contributed by atoms with Crippen LogP contribution >= 0.6 is 11.6 Å². The zero-order valence-corrected chi connectivity index (χ0v) is 13.9. The van der Waals surface area contributed by atoms with E-state index in [9.17, 15) is 12.8 Å². The molecule has 2 aromatic rings. The number of nitrogens with one attached hydrogen (secondary N) is 1. The molecule has 0 aliphatic heterocycles. The Morgan fingerprint density at radius 1 is 1.41 bits per heavy atom. The third-order valence-electron chi connectivity index (χ3n) is 3.05. The highest BCUT2D eigenvalue weighted by molar-refractivity contribution is 7.88. The number of aromatic nitrogens is 1. The Kier molecular flexibility index (Phi) is 4.60. The number of rotatable bonds is 5. The molecule has 0 amide bonds. The maximum absolute atomic E-state index is 14.1. The molecule has 120 valence electrons. The molecule has 0 fully saturated rings. The minimum Gasteiger partial charge on any atom is -0.361 e. The molecule has 0 aliphatic rings. The van der Waals surface area contributed by atoms with Crippen molar-refractivity contribution in [2.24, 2.45) is 0 Å². The highest BCUT2D eigenvalue weighted by Crippen LogP contribution is 2.28. The van der Waals surface area contributed by atoms with Crippen LogP contribution in [0.2, 0.25) is 5.02 Å². The van der Waals surface area contributed by atoms with Gasteiger partial charge in [0.1, 0.15) is 23.0 Å². The van der Waals surface area contributed by atoms with E-state index in [0.717, 1.165) is 0 Å². The van der Waals surface area contributed by atoms with Crippen LogP contribution in [0.5, 0.6) is 0 Å². The summed E-state index contributed by atoms with van der Waals surface area (Å²) in [6.45, 7) is 4.79. The minimum absolute atomic E-state index is 0.0584. The van der Waals surface area contributed by atoms with E-state index in [2.05, 4.69) is 9.88 Å². The van der Waals surface area contributed by atoms with Gasteiger partial charge in [-0.1, -0.05) is 28.9 Å². The minimum atomic E-state index is -3.74. The first-order chi connectivity index (χ1) is 10.1. The molecule has 5 nitrogen and oxygen atoms in total. The van der Waals surface area contributed by atoms with Gasteiger partial charge < -0.3 is 4.52 Å². The van der Waals surface area contributed by atoms with E-state index in [-0.39, 0.29) is 22.0 Å². The van der Waals surface area contributed by atoms with E-state index >= 15 is 0 Å². The fourth-order valence-corrected chi connectivity index (χ4v) is 3.81. The number of hydrogen-bond acceptors (Lipinski definition) is 4. The first-order valence-electron chi connectivity index (χ1n) is 6.49. The standard InChI is InChI=1S/C14H16ClFN2O3S/c1-9-7-10(17-21-9)8-22(19,20)18-14(2,3)11-5-4-6-12(15)13(11)16/h4-7,18H,8H2,1-3H3. The topological polar surface area (TPSA) is 72.2 Å². The van der Waals surface area contributed by atoms with Crippen LogP contribution in [-0.4, -0.2) is 13.6 Å². The number of hydrogen-bond donors (Lipinski definition) is 1. The molecule has 0 saturated heterocycles. The van der Waals surface area contributed by atoms with Gasteiger partial charge in [-0.05, 0) is 26.8 Å². The second kappa shape index (κ2) is 5.98. The predicted molar refractivity (Wildman–Crippen MR) is 81.4 cm³/mol. The molecule has 1 heterocycles. The summed E-state index contributed by atoms with van der Waals surface area (Å²) in [6, 6.07) is 6.00. The lowest BCUT2D eigenvalue weighted by molar-refractivity contribution is 0.391. The first kappa shape index (κ1) is 16.9. The van der Waals surface area contributed by atoms with Gasteiger partial charge in [-0.2, -0.15) is 0 Å². The Balaban J connectivity index is 2.25. The third kappa shape index (κ3) is 3.85. The molecular formula is C14H16ClFN2O3S. The van der Waals surface area contributed by atoms with Crippen LogP contribution in [0.15, 0.2) is 28.8 Å². The third-order valence-corrected chi connectivity index (χ3v) is 4.84. The van der Waals surface area contributed by atoms with Crippen molar-refractivity contribution in [1.82, 2.24) is 9.88 Å². The van der Waals surface area contributed by atoms with Gasteiger partial charge in [0.05, 0.1) is 10.6 Å². The lowest BCUT2D eigenvalue weighted by atomic mass is 9.95. The summed E-state index contributed by atoms with van der Waals surface area (Å²) in [7, 11) is -3.74. The highest BCUT2D eigenvalue weighted by Gasteiger charge is 2.30. The Morgan fingerprint density at radius 2 is 2.09 bits per heavy atom. The zero-order valence-electron chi connectivity index (χ0n) is 12.4. The maximum atomic E-state index is 14.1. The second-order valence-electron chi connectivity index (χ2n) is 5.52. The first-order valence-corrected chi connectivity index (χ1v) is 8.52. The van der Waals surface area contributed by atoms with Gasteiger partial charge in [0.25, 0.3) is 0 Å². The molecule has 2 rings (SSSR count). The van der Waals surface area contributed by atoms with Gasteiger partial charge in [-0.15, -0.1) is 0 Å². The van der Waals surface area contributed by atoms with Crippen molar-refractivity contribution in [3.63, 3.8) is 0 Å². The van der Waals surface area contributed by atoms with Gasteiger partial charge in [0.2, 0.25) is 10.0 Å². The van der Waals surface area contributed by atoms with Crippen LogP contribution in [0.4, 0.5) is 4.39 Å². The molecule has 0 unspecified atom stereocenters. The van der Waals surface area contributed by atoms with Gasteiger partial charge in [0.15, 0.2) is 0 Å². The summed E-state index contributed by atoms with van der Waals surface area (Å²) in [4.78, 5) is 0. The Hall–Kier alpha value is -1.44. The van der Waals surface area contributed by atoms with Crippen LogP contribution < -0.4 is 4.72 Å². The average Bonchev–Trinajstić information content (AvgIpc) is 2.75. The molecular weight excluding hydrogens is 331 g/mol. The largest absolute Gasteiger partial charge is 0.361 e. The number of benzene rings is 1. The van der Waals surface area contributed by atoms with Crippen molar-refractivity contribution in [2.45, 2.75) is 32.1 Å². The van der Waals surface area contributed by atoms with E-state index in [1.807, 2.05) is 0 Å². The molecule has 1 N–H and O–H groups in total. The lowest BCUT2D eigenvalue weighted by Crippen LogP contribution is -2.42. The summed E-state index contributed by atoms with van der Waals surface area (Å²) in [6.07, 6.45) is 0. The van der Waals surface area contributed by atoms with Crippen LogP contribution in [0.1, 0.15) is 30.9 Å². The van der Waals surface area contributed by atoms with Crippen LogP contribution in [0.25, 0.3) is 0 Å². The summed E-state index contributed by atoms with van der Waals surface area (Å²) in [5, 5.41) is 3.59. The molecule has 0 atom stereocenters. The van der Waals surface area contributed by atoms with Gasteiger partial charge in [-0.25, -0.2) is 17.5 Å². The van der Waals surface area contributed by atoms with E-state index in [1.54, 1.807) is 26.8 Å². The molecule has 1 aromatic carbocycles. The number of halogens is 2. The van der Waals surface area contributed by atoms with E-state index < -0.39 is 21.4 Å². The van der Waals surface area contributed by atoms with E-state index in [1.165, 1.54) is 18.2 Å². The van der Waals surface area contributed by atoms with E-state index in [4.69, 9.17) is 16.1 Å². The van der Waals surface area contributed by atoms with Crippen molar-refractivity contribution in [3.8, 4) is 0 Å². The fourth-order valence-electron chi connectivity index (χ4n) is 2.15. The normalized spacial score (nSPS) is 12.6. The molecule has 8 heteroatoms. The van der Waals surface area contributed by atoms with E-state index in [0.29, 0.717) is 5.76 Å². The van der Waals surface area contributed by atoms with Crippen molar-refractivity contribution >= 4 is 21.6 Å². The van der Waals surface area contributed by atoms with Crippen molar-refractivity contribution in [1.29, 1.82) is 0 Å². The Bertz CT molecular complexity index is 787. The molecule has 1 aromatic heterocycles. The van der Waals surface area contributed by atoms with Crippen LogP contribution in [-0.2, 0) is 21.3 Å². The monoisotopic (exact) mass is 346 g/mol. The van der Waals surface area contributed by atoms with Crippen LogP contribution in [0, 0.1) is 12.7 Å². The summed E-state index contributed by atoms with van der Waals surface area (Å²) in [5.74, 6) is -0.477. The van der Waals surface area contributed by atoms with Crippen LogP contribution in [0.3, 0.4) is 0 Å². The molecule has 0 radical (unpaired) electrons. The summed E-state index contributed by atoms with van der Waals surface area (Å²) < 4.78 is 45.9. The zero-order chi connectivity index (χ0) is 16.5. The predicted octanol–water partition coefficient (Wildman–Crippen LogP) is 3.13. The lowest BCUT2D eigenvalue weighted by Gasteiger charge is -2.27. The molecule has 22 heavy (non-hydrogen) atoms. The van der Waals surface area contributed by atoms with Crippen molar-refractivity contribution in [3.05, 3.63) is 52.1 Å². The second-order valence-corrected chi connectivity index (χ2v) is 7.65. The maximum Gasteiger partial charge on any atom is 0.218 e. The molecule has 0 bridgehead atoms. The number of nitrogens with zero attached hydrogens (tertiary/aromatic N) is 1. The smallest absolute Gasteiger partial charge is 0.218 e. The van der Waals surface area contributed by atoms with Gasteiger partial charge >= 0.3 is 0 Å². The Labute approximate surface area is 133 Å². The molecule has 0 spiro atoms. The summed E-state index contributed by atoms with van der Waals surface area (Å²) in [5.41, 5.74) is -0.709. The quantitative estimate of drug-likeness (QED) is 0.902.